The number of carboxylic acid groups (broad SMARTS) is 6. The van der Waals surface area contributed by atoms with E-state index in [4.69, 9.17) is 77.6 Å². The summed E-state index contributed by atoms with van der Waals surface area (Å²) in [6.45, 7) is 9.89. The number of amides is 1. The first-order valence-corrected chi connectivity index (χ1v) is 25.0. The lowest BCUT2D eigenvalue weighted by molar-refractivity contribution is -0.148. The Bertz CT molecular complexity index is 2980. The average Bonchev–Trinajstić information content (AvgIpc) is 4.00. The number of carboxylic acids is 6. The van der Waals surface area contributed by atoms with Gasteiger partial charge in [0.25, 0.3) is 0 Å². The number of aliphatic hydroxyl groups is 1. The van der Waals surface area contributed by atoms with Crippen molar-refractivity contribution in [2.24, 2.45) is 0 Å². The Labute approximate surface area is 462 Å². The third-order valence-electron chi connectivity index (χ3n) is 10.1. The van der Waals surface area contributed by atoms with Gasteiger partial charge in [-0.15, -0.1) is 11.3 Å². The average molecular weight is 1150 g/mol. The number of aliphatic carboxylic acids is 6. The summed E-state index contributed by atoms with van der Waals surface area (Å²) in [4.78, 5) is 78.2. The molecule has 6 aromatic rings. The number of halogens is 2. The number of phenolic OH excluding ortho intramolecular Hbond substituents is 1. The van der Waals surface area contributed by atoms with Crippen LogP contribution >= 0.6 is 34.5 Å². The van der Waals surface area contributed by atoms with Gasteiger partial charge < -0.3 is 64.8 Å². The van der Waals surface area contributed by atoms with E-state index in [1.165, 1.54) is 37.5 Å². The number of carbonyl (C=O) groups is 7. The molecule has 6 rings (SSSR count). The van der Waals surface area contributed by atoms with Crippen LogP contribution < -0.4 is 14.8 Å². The number of alkyl carbamates (subject to hydrolysis) is 1. The number of rotatable bonds is 18. The molecule has 24 heteroatoms. The van der Waals surface area contributed by atoms with Crippen LogP contribution in [0.2, 0.25) is 10.0 Å². The van der Waals surface area contributed by atoms with Crippen LogP contribution in [-0.4, -0.2) is 119 Å². The van der Waals surface area contributed by atoms with Crippen LogP contribution in [0.15, 0.2) is 94.7 Å². The van der Waals surface area contributed by atoms with E-state index in [0.29, 0.717) is 56.4 Å². The smallest absolute Gasteiger partial charge is 0.408 e. The van der Waals surface area contributed by atoms with E-state index in [0.717, 1.165) is 27.6 Å². The van der Waals surface area contributed by atoms with Gasteiger partial charge in [0.05, 0.1) is 56.4 Å². The highest BCUT2D eigenvalue weighted by atomic mass is 35.5. The summed E-state index contributed by atoms with van der Waals surface area (Å²) in [5.74, 6) is -4.32. The molecular weight excluding hydrogens is 1080 g/mol. The standard InChI is InChI=1S/C15H9Cl2NO3S.C14H14O3.C10H19NO4.C9H10O4.C6H10O5/c16-8-1-2-9(10(17)5-8)12-3-4-13(21-12)11-7-22-14(18-11)6-15(19)20;1-9(14(15)16)10-3-4-12-8-13(17-2)6-5-11(12)7-10;1-5-6-7(8(12)13)11-9(14)15-10(2,3)4;1-13-8-3-2-6(4-7(8)10)5-9(11)12;1-6(11,2-4(7)8)3-5(9)10/h1-5,7H,6H2,(H,19,20);3-9H,1-2H3,(H,15,16);7H,5-6H2,1-4H3,(H,11,14)(H,12,13);2-4,10H,5H2,1H3,(H,11,12);11H,2-3H2,1H3,(H,7,8)(H,9,10)/t;9-;7-;;/m.01../s1. The summed E-state index contributed by atoms with van der Waals surface area (Å²) in [6.07, 6.45) is -0.915. The minimum Gasteiger partial charge on any atom is -0.504 e. The Kier molecular flexibility index (Phi) is 26.6. The highest BCUT2D eigenvalue weighted by molar-refractivity contribution is 7.10. The molecule has 78 heavy (non-hydrogen) atoms. The van der Waals surface area contributed by atoms with Gasteiger partial charge in [0.15, 0.2) is 17.3 Å². The molecule has 2 aromatic heterocycles. The van der Waals surface area contributed by atoms with Crippen LogP contribution in [0.1, 0.15) is 89.3 Å². The number of carbonyl (C=O) groups excluding carboxylic acids is 1. The van der Waals surface area contributed by atoms with Crippen LogP contribution in [0.4, 0.5) is 4.79 Å². The maximum atomic E-state index is 11.3. The number of furan rings is 1. The predicted octanol–water partition coefficient (Wildman–Crippen LogP) is 10.5. The Balaban J connectivity index is 0.000000341. The van der Waals surface area contributed by atoms with Gasteiger partial charge in [-0.25, -0.2) is 14.6 Å². The predicted molar refractivity (Wildman–Crippen MR) is 290 cm³/mol. The zero-order valence-corrected chi connectivity index (χ0v) is 46.1. The number of nitrogens with zero attached hydrogens (tertiary/aromatic N) is 1. The van der Waals surface area contributed by atoms with Crippen molar-refractivity contribution in [2.75, 3.05) is 14.2 Å². The lowest BCUT2D eigenvalue weighted by Crippen LogP contribution is -2.43. The van der Waals surface area contributed by atoms with Gasteiger partial charge in [0.2, 0.25) is 0 Å². The maximum absolute atomic E-state index is 11.3. The Morgan fingerprint density at radius 3 is 1.83 bits per heavy atom. The van der Waals surface area contributed by atoms with E-state index in [9.17, 15) is 38.7 Å². The summed E-state index contributed by atoms with van der Waals surface area (Å²) in [6, 6.07) is 23.8. The van der Waals surface area contributed by atoms with Crippen LogP contribution in [-0.2, 0) is 46.3 Å². The molecule has 2 atom stereocenters. The van der Waals surface area contributed by atoms with Crippen molar-refractivity contribution in [3.63, 3.8) is 0 Å². The normalized spacial score (nSPS) is 11.4. The molecule has 9 N–H and O–H groups in total. The van der Waals surface area contributed by atoms with Crippen LogP contribution in [0.3, 0.4) is 0 Å². The summed E-state index contributed by atoms with van der Waals surface area (Å²) in [5.41, 5.74) is 0.439. The van der Waals surface area contributed by atoms with Gasteiger partial charge in [0.1, 0.15) is 33.9 Å². The van der Waals surface area contributed by atoms with Crippen molar-refractivity contribution in [3.05, 3.63) is 116 Å². The van der Waals surface area contributed by atoms with Crippen molar-refractivity contribution in [1.82, 2.24) is 10.3 Å². The fourth-order valence-corrected chi connectivity index (χ4v) is 7.73. The van der Waals surface area contributed by atoms with E-state index >= 15 is 0 Å². The summed E-state index contributed by atoms with van der Waals surface area (Å²) in [5, 5.41) is 77.5. The van der Waals surface area contributed by atoms with E-state index in [1.807, 2.05) is 43.3 Å². The number of aromatic hydroxyl groups is 1. The Morgan fingerprint density at radius 2 is 1.32 bits per heavy atom. The molecule has 2 heterocycles. The zero-order chi connectivity index (χ0) is 59.1. The van der Waals surface area contributed by atoms with Crippen LogP contribution in [0.5, 0.6) is 17.2 Å². The molecule has 4 aromatic carbocycles. The summed E-state index contributed by atoms with van der Waals surface area (Å²) < 4.78 is 20.7. The van der Waals surface area contributed by atoms with Crippen molar-refractivity contribution < 1.29 is 93.0 Å². The molecule has 0 fully saturated rings. The third kappa shape index (κ3) is 24.4. The van der Waals surface area contributed by atoms with E-state index in [1.54, 1.807) is 76.6 Å². The van der Waals surface area contributed by atoms with Crippen LogP contribution in [0, 0.1) is 0 Å². The molecular formula is C54H62Cl2N2O19S. The van der Waals surface area contributed by atoms with Crippen molar-refractivity contribution in [3.8, 4) is 40.0 Å². The molecule has 422 valence electrons. The second-order valence-electron chi connectivity index (χ2n) is 18.1. The Hall–Kier alpha value is -7.92. The number of aromatic nitrogens is 1. The number of methoxy groups -OCH3 is 2. The number of nitrogens with one attached hydrogen (secondary N) is 1. The summed E-state index contributed by atoms with van der Waals surface area (Å²) >= 11 is 13.3. The van der Waals surface area contributed by atoms with Gasteiger partial charge in [-0.05, 0) is 118 Å². The molecule has 0 unspecified atom stereocenters. The second kappa shape index (κ2) is 31.3. The molecule has 21 nitrogen and oxygen atoms in total. The molecule has 0 aliphatic heterocycles. The first-order chi connectivity index (χ1) is 36.4. The van der Waals surface area contributed by atoms with Gasteiger partial charge in [0, 0.05) is 16.0 Å². The lowest BCUT2D eigenvalue weighted by Gasteiger charge is -2.21. The first kappa shape index (κ1) is 66.2. The number of benzene rings is 4. The quantitative estimate of drug-likeness (QED) is 0.0386. The molecule has 0 saturated carbocycles. The molecule has 0 radical (unpaired) electrons. The van der Waals surface area contributed by atoms with Gasteiger partial charge in [-0.2, -0.15) is 0 Å². The monoisotopic (exact) mass is 1140 g/mol. The Morgan fingerprint density at radius 1 is 0.718 bits per heavy atom. The SMILES string of the molecule is CC(O)(CC(=O)O)CC(=O)O.CCC[C@@H](NC(=O)OC(C)(C)C)C(=O)O.COc1ccc(CC(=O)O)cc1O.COc1ccc2cc([C@H](C)C(=O)O)ccc2c1.O=C(O)Cc1nc(-c2ccc(-c3ccc(Cl)cc3Cl)o2)cs1. The lowest BCUT2D eigenvalue weighted by atomic mass is 9.98. The van der Waals surface area contributed by atoms with E-state index in [-0.39, 0.29) is 18.6 Å². The maximum Gasteiger partial charge on any atom is 0.408 e. The van der Waals surface area contributed by atoms with Crippen LogP contribution in [0.25, 0.3) is 33.6 Å². The molecule has 0 aliphatic rings. The fourth-order valence-electron chi connectivity index (χ4n) is 6.46. The minimum absolute atomic E-state index is 0.0405. The largest absolute Gasteiger partial charge is 0.504 e. The third-order valence-corrected chi connectivity index (χ3v) is 11.5. The molecule has 0 bridgehead atoms. The summed E-state index contributed by atoms with van der Waals surface area (Å²) in [7, 11) is 3.06. The zero-order valence-electron chi connectivity index (χ0n) is 43.7. The number of ether oxygens (including phenoxy) is 3. The van der Waals surface area contributed by atoms with Crippen molar-refractivity contribution in [2.45, 2.75) is 103 Å². The highest BCUT2D eigenvalue weighted by Crippen LogP contribution is 2.35. The molecule has 0 spiro atoms. The highest BCUT2D eigenvalue weighted by Gasteiger charge is 2.27. The number of thiazole rings is 1. The van der Waals surface area contributed by atoms with Crippen molar-refractivity contribution in [1.29, 1.82) is 0 Å². The number of hydrogen-bond acceptors (Lipinski definition) is 15. The number of fused-ring (bicyclic) bond motifs is 1. The van der Waals surface area contributed by atoms with E-state index in [2.05, 4.69) is 10.3 Å². The van der Waals surface area contributed by atoms with Gasteiger partial charge >= 0.3 is 41.9 Å². The fraction of sp³-hybridized carbons (Fsp3) is 0.333. The molecule has 0 aliphatic carbocycles. The minimum atomic E-state index is -1.66. The number of phenols is 1. The van der Waals surface area contributed by atoms with Crippen molar-refractivity contribution >= 4 is 87.2 Å². The second-order valence-corrected chi connectivity index (χ2v) is 19.8. The first-order valence-electron chi connectivity index (χ1n) is 23.4. The molecule has 0 saturated heterocycles. The van der Waals surface area contributed by atoms with Gasteiger partial charge in [-0.1, -0.05) is 66.9 Å². The number of hydrogen-bond donors (Lipinski definition) is 9. The topological polar surface area (TPSA) is 347 Å². The van der Waals surface area contributed by atoms with Gasteiger partial charge in [-0.3, -0.25) is 24.0 Å². The van der Waals surface area contributed by atoms with E-state index < -0.39 is 77.9 Å². The molecule has 1 amide bonds.